The molecule has 21 heavy (non-hydrogen) atoms. The fourth-order valence-electron chi connectivity index (χ4n) is 1.88. The van der Waals surface area contributed by atoms with E-state index in [1.54, 1.807) is 32.4 Å². The highest BCUT2D eigenvalue weighted by Gasteiger charge is 2.14. The number of carbonyl (C=O) groups is 1. The van der Waals surface area contributed by atoms with E-state index in [2.05, 4.69) is 10.3 Å². The van der Waals surface area contributed by atoms with Crippen LogP contribution >= 0.6 is 11.3 Å². The van der Waals surface area contributed by atoms with Crippen molar-refractivity contribution in [3.05, 3.63) is 36.3 Å². The predicted molar refractivity (Wildman–Crippen MR) is 79.4 cm³/mol. The number of aromatic nitrogens is 1. The lowest BCUT2D eigenvalue weighted by Crippen LogP contribution is -2.10. The van der Waals surface area contributed by atoms with Gasteiger partial charge in [-0.1, -0.05) is 11.3 Å². The molecule has 3 rings (SSSR count). The van der Waals surface area contributed by atoms with Gasteiger partial charge in [-0.2, -0.15) is 0 Å². The van der Waals surface area contributed by atoms with Gasteiger partial charge in [0.25, 0.3) is 5.91 Å². The van der Waals surface area contributed by atoms with Crippen molar-refractivity contribution in [2.45, 2.75) is 0 Å². The van der Waals surface area contributed by atoms with Crippen molar-refractivity contribution in [3.8, 4) is 11.5 Å². The van der Waals surface area contributed by atoms with Crippen molar-refractivity contribution in [1.29, 1.82) is 0 Å². The molecule has 0 unspecified atom stereocenters. The first-order valence-electron chi connectivity index (χ1n) is 6.08. The first kappa shape index (κ1) is 13.4. The lowest BCUT2D eigenvalue weighted by atomic mass is 10.3. The summed E-state index contributed by atoms with van der Waals surface area (Å²) in [7, 11) is 3.14. The van der Waals surface area contributed by atoms with Crippen molar-refractivity contribution in [3.63, 3.8) is 0 Å². The number of benzene rings is 1. The molecule has 0 radical (unpaired) electrons. The van der Waals surface area contributed by atoms with Gasteiger partial charge in [-0.3, -0.25) is 10.1 Å². The van der Waals surface area contributed by atoms with Gasteiger partial charge in [0.15, 0.2) is 22.4 Å². The Balaban J connectivity index is 1.92. The molecule has 3 aromatic rings. The van der Waals surface area contributed by atoms with E-state index in [4.69, 9.17) is 13.9 Å². The number of methoxy groups -OCH3 is 2. The number of amides is 1. The minimum Gasteiger partial charge on any atom is -0.493 e. The molecule has 1 N–H and O–H groups in total. The van der Waals surface area contributed by atoms with Gasteiger partial charge in [-0.15, -0.1) is 0 Å². The van der Waals surface area contributed by atoms with E-state index in [1.807, 2.05) is 6.07 Å². The molecular formula is C14H12N2O4S. The van der Waals surface area contributed by atoms with Crippen LogP contribution in [0.25, 0.3) is 10.2 Å². The van der Waals surface area contributed by atoms with E-state index in [-0.39, 0.29) is 11.7 Å². The average molecular weight is 304 g/mol. The molecule has 0 spiro atoms. The summed E-state index contributed by atoms with van der Waals surface area (Å²) >= 11 is 1.35. The summed E-state index contributed by atoms with van der Waals surface area (Å²) in [6.07, 6.45) is 1.45. The Morgan fingerprint density at radius 3 is 2.71 bits per heavy atom. The standard InChI is InChI=1S/C14H12N2O4S/c1-18-10-6-8-12(7-11(10)19-2)21-14(15-8)16-13(17)9-4-3-5-20-9/h3-7H,1-2H3,(H,15,16,17). The highest BCUT2D eigenvalue weighted by atomic mass is 32.1. The number of rotatable bonds is 4. The van der Waals surface area contributed by atoms with Gasteiger partial charge in [0.2, 0.25) is 0 Å². The molecule has 2 heterocycles. The molecule has 1 aromatic carbocycles. The number of carbonyl (C=O) groups excluding carboxylic acids is 1. The Kier molecular flexibility index (Phi) is 3.49. The third kappa shape index (κ3) is 2.55. The maximum Gasteiger partial charge on any atom is 0.293 e. The Bertz CT molecular complexity index is 739. The highest BCUT2D eigenvalue weighted by molar-refractivity contribution is 7.22. The van der Waals surface area contributed by atoms with Gasteiger partial charge in [0, 0.05) is 12.1 Å². The summed E-state index contributed by atoms with van der Waals surface area (Å²) in [6, 6.07) is 6.85. The largest absolute Gasteiger partial charge is 0.493 e. The second-order valence-corrected chi connectivity index (χ2v) is 5.16. The molecule has 0 aliphatic rings. The molecule has 7 heteroatoms. The van der Waals surface area contributed by atoms with Crippen LogP contribution in [0.4, 0.5) is 5.13 Å². The summed E-state index contributed by atoms with van der Waals surface area (Å²) in [5, 5.41) is 3.19. The normalized spacial score (nSPS) is 10.6. The van der Waals surface area contributed by atoms with Crippen molar-refractivity contribution >= 4 is 32.6 Å². The van der Waals surface area contributed by atoms with Crippen LogP contribution in [0.1, 0.15) is 10.6 Å². The Labute approximate surface area is 124 Å². The number of fused-ring (bicyclic) bond motifs is 1. The van der Waals surface area contributed by atoms with Crippen LogP contribution in [0.5, 0.6) is 11.5 Å². The number of hydrogen-bond donors (Lipinski definition) is 1. The van der Waals surface area contributed by atoms with Crippen LogP contribution in [0.3, 0.4) is 0 Å². The highest BCUT2D eigenvalue weighted by Crippen LogP contribution is 2.36. The number of ether oxygens (including phenoxy) is 2. The van der Waals surface area contributed by atoms with Crippen molar-refractivity contribution in [2.24, 2.45) is 0 Å². The predicted octanol–water partition coefficient (Wildman–Crippen LogP) is 3.16. The average Bonchev–Trinajstić information content (AvgIpc) is 3.14. The lowest BCUT2D eigenvalue weighted by molar-refractivity contribution is 0.0996. The second-order valence-electron chi connectivity index (χ2n) is 4.13. The number of nitrogens with one attached hydrogen (secondary N) is 1. The Hall–Kier alpha value is -2.54. The van der Waals surface area contributed by atoms with Crippen LogP contribution in [-0.2, 0) is 0 Å². The number of anilines is 1. The van der Waals surface area contributed by atoms with Crippen molar-refractivity contribution in [2.75, 3.05) is 19.5 Å². The fourth-order valence-corrected chi connectivity index (χ4v) is 2.75. The van der Waals surface area contributed by atoms with Crippen LogP contribution in [0.15, 0.2) is 34.9 Å². The van der Waals surface area contributed by atoms with Crippen LogP contribution in [0.2, 0.25) is 0 Å². The molecule has 2 aromatic heterocycles. The molecule has 0 aliphatic carbocycles. The zero-order chi connectivity index (χ0) is 14.8. The van der Waals surface area contributed by atoms with Gasteiger partial charge in [-0.25, -0.2) is 4.98 Å². The lowest BCUT2D eigenvalue weighted by Gasteiger charge is -2.05. The summed E-state index contributed by atoms with van der Waals surface area (Å²) in [4.78, 5) is 16.3. The zero-order valence-corrected chi connectivity index (χ0v) is 12.2. The smallest absolute Gasteiger partial charge is 0.293 e. The van der Waals surface area contributed by atoms with E-state index < -0.39 is 0 Å². The molecule has 0 atom stereocenters. The topological polar surface area (TPSA) is 73.6 Å². The van der Waals surface area contributed by atoms with E-state index in [9.17, 15) is 4.79 Å². The first-order chi connectivity index (χ1) is 10.2. The third-order valence-electron chi connectivity index (χ3n) is 2.86. The van der Waals surface area contributed by atoms with E-state index in [1.165, 1.54) is 17.6 Å². The van der Waals surface area contributed by atoms with Gasteiger partial charge in [0.05, 0.1) is 30.7 Å². The molecule has 0 saturated carbocycles. The second kappa shape index (κ2) is 5.45. The maximum atomic E-state index is 11.9. The number of nitrogens with zero attached hydrogens (tertiary/aromatic N) is 1. The fraction of sp³-hybridized carbons (Fsp3) is 0.143. The number of hydrogen-bond acceptors (Lipinski definition) is 6. The van der Waals surface area contributed by atoms with Gasteiger partial charge in [-0.05, 0) is 12.1 Å². The SMILES string of the molecule is COc1cc2nc(NC(=O)c3ccco3)sc2cc1OC. The van der Waals surface area contributed by atoms with E-state index >= 15 is 0 Å². The molecule has 0 saturated heterocycles. The van der Waals surface area contributed by atoms with Crippen molar-refractivity contribution < 1.29 is 18.7 Å². The molecule has 0 fully saturated rings. The van der Waals surface area contributed by atoms with Crippen LogP contribution in [-0.4, -0.2) is 25.1 Å². The molecule has 1 amide bonds. The van der Waals surface area contributed by atoms with Gasteiger partial charge >= 0.3 is 0 Å². The Morgan fingerprint density at radius 2 is 2.05 bits per heavy atom. The third-order valence-corrected chi connectivity index (χ3v) is 3.79. The molecule has 0 aliphatic heterocycles. The van der Waals surface area contributed by atoms with E-state index in [0.717, 1.165) is 10.2 Å². The quantitative estimate of drug-likeness (QED) is 0.801. The minimum atomic E-state index is -0.335. The molecular weight excluding hydrogens is 292 g/mol. The maximum absolute atomic E-state index is 11.9. The zero-order valence-electron chi connectivity index (χ0n) is 11.4. The monoisotopic (exact) mass is 304 g/mol. The summed E-state index contributed by atoms with van der Waals surface area (Å²) in [5.41, 5.74) is 0.729. The number of thiazole rings is 1. The Morgan fingerprint density at radius 1 is 1.29 bits per heavy atom. The van der Waals surface area contributed by atoms with Crippen LogP contribution in [0, 0.1) is 0 Å². The van der Waals surface area contributed by atoms with E-state index in [0.29, 0.717) is 16.6 Å². The number of furan rings is 1. The first-order valence-corrected chi connectivity index (χ1v) is 6.90. The van der Waals surface area contributed by atoms with Crippen LogP contribution < -0.4 is 14.8 Å². The minimum absolute atomic E-state index is 0.240. The summed E-state index contributed by atoms with van der Waals surface area (Å²) in [5.74, 6) is 1.12. The summed E-state index contributed by atoms with van der Waals surface area (Å²) in [6.45, 7) is 0. The summed E-state index contributed by atoms with van der Waals surface area (Å²) < 4.78 is 16.4. The molecule has 6 nitrogen and oxygen atoms in total. The molecule has 108 valence electrons. The van der Waals surface area contributed by atoms with Gasteiger partial charge < -0.3 is 13.9 Å². The van der Waals surface area contributed by atoms with Gasteiger partial charge in [0.1, 0.15) is 0 Å². The van der Waals surface area contributed by atoms with Crippen molar-refractivity contribution in [1.82, 2.24) is 4.98 Å². The molecule has 0 bridgehead atoms.